The van der Waals surface area contributed by atoms with Crippen LogP contribution in [0.3, 0.4) is 0 Å². The first-order chi connectivity index (χ1) is 8.21. The van der Waals surface area contributed by atoms with E-state index in [2.05, 4.69) is 22.6 Å². The lowest BCUT2D eigenvalue weighted by atomic mass is 9.95. The molecule has 18 heavy (non-hydrogen) atoms. The van der Waals surface area contributed by atoms with Crippen molar-refractivity contribution in [2.24, 2.45) is 0 Å². The molecule has 0 N–H and O–H groups in total. The van der Waals surface area contributed by atoms with Crippen LogP contribution in [0.4, 0.5) is 0 Å². The molecule has 0 radical (unpaired) electrons. The molecule has 5 nitrogen and oxygen atoms in total. The molecule has 1 fully saturated rings. The van der Waals surface area contributed by atoms with E-state index in [0.717, 1.165) is 25.7 Å². The second-order valence-corrected chi connectivity index (χ2v) is 8.71. The highest BCUT2D eigenvalue weighted by Gasteiger charge is 2.32. The van der Waals surface area contributed by atoms with Crippen molar-refractivity contribution in [2.75, 3.05) is 26.9 Å². The number of halogens is 1. The Labute approximate surface area is 123 Å². The lowest BCUT2D eigenvalue weighted by Gasteiger charge is -2.34. The van der Waals surface area contributed by atoms with Crippen LogP contribution >= 0.6 is 22.6 Å². The third-order valence-electron chi connectivity index (χ3n) is 3.21. The third kappa shape index (κ3) is 4.65. The molecule has 2 atom stereocenters. The first-order valence-corrected chi connectivity index (χ1v) is 9.12. The fourth-order valence-electron chi connectivity index (χ4n) is 2.16. The zero-order chi connectivity index (χ0) is 13.9. The smallest absolute Gasteiger partial charge is 0.237 e. The molecule has 0 heterocycles. The number of alkyl halides is 1. The van der Waals surface area contributed by atoms with Gasteiger partial charge in [-0.05, 0) is 19.3 Å². The quantitative estimate of drug-likeness (QED) is 0.535. The van der Waals surface area contributed by atoms with Gasteiger partial charge in [0.05, 0.1) is 12.8 Å². The standard InChI is InChI=1S/C11H21IN2O3S/c1-13(2)11(15)8-14(18(3,16)17)10-6-4-5-9(12)7-10/h9-10H,4-8H2,1-3H3. The lowest BCUT2D eigenvalue weighted by molar-refractivity contribution is -0.129. The van der Waals surface area contributed by atoms with Crippen LogP contribution < -0.4 is 0 Å². The topological polar surface area (TPSA) is 57.7 Å². The van der Waals surface area contributed by atoms with Gasteiger partial charge in [0, 0.05) is 24.1 Å². The number of likely N-dealkylation sites (N-methyl/N-ethyl adjacent to an activating group) is 1. The average molecular weight is 388 g/mol. The fourth-order valence-corrected chi connectivity index (χ4v) is 4.26. The fraction of sp³-hybridized carbons (Fsp3) is 0.909. The normalized spacial score (nSPS) is 25.2. The van der Waals surface area contributed by atoms with Gasteiger partial charge in [0.25, 0.3) is 0 Å². The number of hydrogen-bond acceptors (Lipinski definition) is 3. The lowest BCUT2D eigenvalue weighted by Crippen LogP contribution is -2.47. The second-order valence-electron chi connectivity index (χ2n) is 5.01. The minimum Gasteiger partial charge on any atom is -0.348 e. The van der Waals surface area contributed by atoms with Gasteiger partial charge in [-0.3, -0.25) is 4.79 Å². The Balaban J connectivity index is 2.82. The van der Waals surface area contributed by atoms with Gasteiger partial charge in [0.1, 0.15) is 0 Å². The van der Waals surface area contributed by atoms with Crippen LogP contribution in [0, 0.1) is 0 Å². The van der Waals surface area contributed by atoms with Gasteiger partial charge < -0.3 is 4.90 Å². The summed E-state index contributed by atoms with van der Waals surface area (Å²) >= 11 is 2.36. The predicted octanol–water partition coefficient (Wildman–Crippen LogP) is 1.08. The summed E-state index contributed by atoms with van der Waals surface area (Å²) in [7, 11) is -0.0468. The number of rotatable bonds is 4. The Morgan fingerprint density at radius 1 is 1.33 bits per heavy atom. The number of amides is 1. The maximum atomic E-state index is 11.8. The maximum Gasteiger partial charge on any atom is 0.237 e. The molecule has 2 unspecified atom stereocenters. The largest absolute Gasteiger partial charge is 0.348 e. The summed E-state index contributed by atoms with van der Waals surface area (Å²) in [5.74, 6) is -0.170. The van der Waals surface area contributed by atoms with E-state index in [9.17, 15) is 13.2 Å². The van der Waals surface area contributed by atoms with Crippen LogP contribution in [0.15, 0.2) is 0 Å². The zero-order valence-electron chi connectivity index (χ0n) is 11.1. The van der Waals surface area contributed by atoms with Crippen LogP contribution in [-0.4, -0.2) is 60.4 Å². The van der Waals surface area contributed by atoms with Gasteiger partial charge >= 0.3 is 0 Å². The molecule has 0 aromatic carbocycles. The minimum absolute atomic E-state index is 0.0282. The Bertz CT molecular complexity index is 397. The first kappa shape index (κ1) is 16.2. The van der Waals surface area contributed by atoms with Gasteiger partial charge in [-0.2, -0.15) is 4.31 Å². The average Bonchev–Trinajstić information content (AvgIpc) is 2.23. The molecule has 0 aromatic heterocycles. The van der Waals surface area contributed by atoms with E-state index < -0.39 is 10.0 Å². The molecule has 1 aliphatic carbocycles. The van der Waals surface area contributed by atoms with Crippen molar-refractivity contribution in [1.29, 1.82) is 0 Å². The number of hydrogen-bond donors (Lipinski definition) is 0. The van der Waals surface area contributed by atoms with Gasteiger partial charge in [0.2, 0.25) is 15.9 Å². The van der Waals surface area contributed by atoms with Crippen molar-refractivity contribution in [3.05, 3.63) is 0 Å². The SMILES string of the molecule is CN(C)C(=O)CN(C1CCCC(I)C1)S(C)(=O)=O. The van der Waals surface area contributed by atoms with E-state index >= 15 is 0 Å². The third-order valence-corrected chi connectivity index (χ3v) is 5.62. The maximum absolute atomic E-state index is 11.8. The molecule has 1 aliphatic rings. The van der Waals surface area contributed by atoms with Crippen LogP contribution in [0.1, 0.15) is 25.7 Å². The summed E-state index contributed by atoms with van der Waals surface area (Å²) in [6.45, 7) is -0.0418. The molecule has 1 rings (SSSR count). The van der Waals surface area contributed by atoms with E-state index in [-0.39, 0.29) is 18.5 Å². The molecular formula is C11H21IN2O3S. The number of carbonyl (C=O) groups excluding carboxylic acids is 1. The summed E-state index contributed by atoms with van der Waals surface area (Å²) in [5.41, 5.74) is 0. The molecule has 0 aliphatic heterocycles. The Morgan fingerprint density at radius 3 is 2.39 bits per heavy atom. The molecule has 0 aromatic rings. The Kier molecular flexibility index (Phi) is 5.85. The first-order valence-electron chi connectivity index (χ1n) is 6.03. The van der Waals surface area contributed by atoms with Crippen molar-refractivity contribution in [1.82, 2.24) is 9.21 Å². The summed E-state index contributed by atoms with van der Waals surface area (Å²) in [5, 5.41) is 0. The molecular weight excluding hydrogens is 367 g/mol. The Hall–Kier alpha value is 0.110. The van der Waals surface area contributed by atoms with Crippen LogP contribution in [0.2, 0.25) is 0 Å². The van der Waals surface area contributed by atoms with E-state index in [1.54, 1.807) is 14.1 Å². The molecule has 1 amide bonds. The summed E-state index contributed by atoms with van der Waals surface area (Å²) in [6.07, 6.45) is 5.05. The predicted molar refractivity (Wildman–Crippen MR) is 80.3 cm³/mol. The van der Waals surface area contributed by atoms with Gasteiger partial charge in [-0.1, -0.05) is 29.0 Å². The van der Waals surface area contributed by atoms with Crippen molar-refractivity contribution in [3.63, 3.8) is 0 Å². The van der Waals surface area contributed by atoms with Gasteiger partial charge in [0.15, 0.2) is 0 Å². The van der Waals surface area contributed by atoms with E-state index in [0.29, 0.717) is 3.92 Å². The molecule has 0 saturated heterocycles. The highest BCUT2D eigenvalue weighted by molar-refractivity contribution is 14.1. The van der Waals surface area contributed by atoms with Crippen LogP contribution in [-0.2, 0) is 14.8 Å². The Morgan fingerprint density at radius 2 is 1.94 bits per heavy atom. The number of nitrogens with zero attached hydrogens (tertiary/aromatic N) is 2. The number of carbonyl (C=O) groups is 1. The van der Waals surface area contributed by atoms with Crippen LogP contribution in [0.25, 0.3) is 0 Å². The van der Waals surface area contributed by atoms with Gasteiger partial charge in [-0.25, -0.2) is 8.42 Å². The monoisotopic (exact) mass is 388 g/mol. The second kappa shape index (κ2) is 6.51. The van der Waals surface area contributed by atoms with Crippen molar-refractivity contribution in [3.8, 4) is 0 Å². The molecule has 7 heteroatoms. The molecule has 0 bridgehead atoms. The van der Waals surface area contributed by atoms with E-state index in [1.807, 2.05) is 0 Å². The van der Waals surface area contributed by atoms with Gasteiger partial charge in [-0.15, -0.1) is 0 Å². The van der Waals surface area contributed by atoms with Crippen molar-refractivity contribution < 1.29 is 13.2 Å². The minimum atomic E-state index is -3.33. The van der Waals surface area contributed by atoms with E-state index in [1.165, 1.54) is 15.5 Å². The molecule has 1 saturated carbocycles. The molecule has 106 valence electrons. The highest BCUT2D eigenvalue weighted by Crippen LogP contribution is 2.29. The highest BCUT2D eigenvalue weighted by atomic mass is 127. The van der Waals surface area contributed by atoms with Crippen LogP contribution in [0.5, 0.6) is 0 Å². The molecule has 0 spiro atoms. The summed E-state index contributed by atoms with van der Waals surface area (Å²) in [4.78, 5) is 13.2. The summed E-state index contributed by atoms with van der Waals surface area (Å²) in [6, 6.07) is -0.0282. The number of sulfonamides is 1. The summed E-state index contributed by atoms with van der Waals surface area (Å²) < 4.78 is 25.6. The van der Waals surface area contributed by atoms with E-state index in [4.69, 9.17) is 0 Å². The zero-order valence-corrected chi connectivity index (χ0v) is 14.1. The van der Waals surface area contributed by atoms with Crippen molar-refractivity contribution in [2.45, 2.75) is 35.6 Å². The van der Waals surface area contributed by atoms with Crippen molar-refractivity contribution >= 4 is 38.5 Å².